The van der Waals surface area contributed by atoms with E-state index in [9.17, 15) is 20.2 Å². The zero-order chi connectivity index (χ0) is 16.4. The Kier molecular flexibility index (Phi) is 3.94. The summed E-state index contributed by atoms with van der Waals surface area (Å²) < 4.78 is 5.18. The Morgan fingerprint density at radius 1 is 1.32 bits per heavy atom. The Balaban J connectivity index is 2.58. The molecule has 12 heteroatoms. The monoisotopic (exact) mass is 324 g/mol. The van der Waals surface area contributed by atoms with Gasteiger partial charge in [-0.3, -0.25) is 25.5 Å². The number of nitrogens with zero attached hydrogens (tertiary/aromatic N) is 4. The maximum Gasteiger partial charge on any atom is 0.322 e. The molecule has 0 fully saturated rings. The standard InChI is InChI=1S/C10H8N6O5S/c1-4-6(8-13-14-10(21-8)12-9(11)22)2-5(15(17)18)3-7(4)16(19)20/h2-3H,1H3,(H3,11,12,14,22). The molecule has 0 spiro atoms. The molecule has 0 bridgehead atoms. The molecule has 0 saturated heterocycles. The van der Waals surface area contributed by atoms with E-state index >= 15 is 0 Å². The van der Waals surface area contributed by atoms with E-state index in [2.05, 4.69) is 27.7 Å². The van der Waals surface area contributed by atoms with Crippen LogP contribution in [0.2, 0.25) is 0 Å². The van der Waals surface area contributed by atoms with Crippen molar-refractivity contribution in [3.63, 3.8) is 0 Å². The van der Waals surface area contributed by atoms with E-state index in [1.54, 1.807) is 0 Å². The van der Waals surface area contributed by atoms with E-state index < -0.39 is 21.2 Å². The van der Waals surface area contributed by atoms with Gasteiger partial charge in [0.1, 0.15) is 0 Å². The minimum absolute atomic E-state index is 0.0735. The van der Waals surface area contributed by atoms with Crippen molar-refractivity contribution in [1.29, 1.82) is 0 Å². The molecule has 0 unspecified atom stereocenters. The summed E-state index contributed by atoms with van der Waals surface area (Å²) in [6, 6.07) is 1.85. The van der Waals surface area contributed by atoms with Gasteiger partial charge in [-0.15, -0.1) is 5.10 Å². The van der Waals surface area contributed by atoms with Crippen LogP contribution in [0.1, 0.15) is 5.56 Å². The highest BCUT2D eigenvalue weighted by atomic mass is 32.1. The van der Waals surface area contributed by atoms with Crippen molar-refractivity contribution in [2.75, 3.05) is 5.32 Å². The van der Waals surface area contributed by atoms with Crippen LogP contribution >= 0.6 is 12.2 Å². The van der Waals surface area contributed by atoms with Gasteiger partial charge in [-0.05, 0) is 19.1 Å². The van der Waals surface area contributed by atoms with Crippen molar-refractivity contribution < 1.29 is 14.3 Å². The van der Waals surface area contributed by atoms with Crippen LogP contribution < -0.4 is 11.1 Å². The van der Waals surface area contributed by atoms with Gasteiger partial charge in [0.2, 0.25) is 0 Å². The molecular weight excluding hydrogens is 316 g/mol. The third-order valence-corrected chi connectivity index (χ3v) is 2.76. The molecule has 0 amide bonds. The van der Waals surface area contributed by atoms with Crippen molar-refractivity contribution in [3.8, 4) is 11.5 Å². The van der Waals surface area contributed by atoms with E-state index in [4.69, 9.17) is 10.2 Å². The van der Waals surface area contributed by atoms with Gasteiger partial charge in [-0.1, -0.05) is 5.10 Å². The van der Waals surface area contributed by atoms with Crippen LogP contribution in [0.3, 0.4) is 0 Å². The van der Waals surface area contributed by atoms with E-state index in [1.807, 2.05) is 0 Å². The number of anilines is 1. The molecular formula is C10H8N6O5S. The van der Waals surface area contributed by atoms with Crippen LogP contribution in [0.25, 0.3) is 11.5 Å². The van der Waals surface area contributed by atoms with Crippen molar-refractivity contribution >= 4 is 34.7 Å². The largest absolute Gasteiger partial charge is 0.403 e. The fraction of sp³-hybridized carbons (Fsp3) is 0.100. The Morgan fingerprint density at radius 2 is 2.00 bits per heavy atom. The predicted octanol–water partition coefficient (Wildman–Crippen LogP) is 1.52. The molecule has 1 heterocycles. The summed E-state index contributed by atoms with van der Waals surface area (Å²) in [5.41, 5.74) is 4.58. The normalized spacial score (nSPS) is 10.2. The van der Waals surface area contributed by atoms with Crippen LogP contribution in [0.15, 0.2) is 16.5 Å². The number of non-ortho nitro benzene ring substituents is 1. The van der Waals surface area contributed by atoms with Gasteiger partial charge in [-0.25, -0.2) is 0 Å². The number of hydrogen-bond acceptors (Lipinski definition) is 8. The molecule has 22 heavy (non-hydrogen) atoms. The summed E-state index contributed by atoms with van der Waals surface area (Å²) in [7, 11) is 0. The second-order valence-corrected chi connectivity index (χ2v) is 4.49. The van der Waals surface area contributed by atoms with E-state index in [-0.39, 0.29) is 28.1 Å². The highest BCUT2D eigenvalue weighted by Crippen LogP contribution is 2.34. The molecule has 2 aromatic rings. The quantitative estimate of drug-likeness (QED) is 0.478. The third kappa shape index (κ3) is 2.95. The number of nitrogens with two attached hydrogens (primary N) is 1. The van der Waals surface area contributed by atoms with Gasteiger partial charge >= 0.3 is 6.01 Å². The van der Waals surface area contributed by atoms with Crippen molar-refractivity contribution in [2.45, 2.75) is 6.92 Å². The highest BCUT2D eigenvalue weighted by Gasteiger charge is 2.24. The molecule has 1 aromatic heterocycles. The molecule has 0 aliphatic rings. The molecule has 11 nitrogen and oxygen atoms in total. The number of benzene rings is 1. The second-order valence-electron chi connectivity index (χ2n) is 4.05. The topological polar surface area (TPSA) is 163 Å². The maximum atomic E-state index is 11.0. The van der Waals surface area contributed by atoms with E-state index in [0.29, 0.717) is 0 Å². The number of thiocarbonyl (C=S) groups is 1. The second kappa shape index (κ2) is 5.69. The van der Waals surface area contributed by atoms with Crippen LogP contribution in [-0.2, 0) is 0 Å². The molecule has 0 saturated carbocycles. The molecule has 3 N–H and O–H groups in total. The van der Waals surface area contributed by atoms with Gasteiger partial charge in [-0.2, -0.15) is 0 Å². The van der Waals surface area contributed by atoms with Crippen molar-refractivity contribution in [3.05, 3.63) is 37.9 Å². The number of nitrogens with one attached hydrogen (secondary N) is 1. The van der Waals surface area contributed by atoms with Crippen LogP contribution in [0, 0.1) is 27.2 Å². The first-order valence-electron chi connectivity index (χ1n) is 5.63. The van der Waals surface area contributed by atoms with Crippen molar-refractivity contribution in [1.82, 2.24) is 10.2 Å². The van der Waals surface area contributed by atoms with Crippen LogP contribution in [0.5, 0.6) is 0 Å². The molecule has 114 valence electrons. The predicted molar refractivity (Wildman–Crippen MR) is 78.2 cm³/mol. The average Bonchev–Trinajstić information content (AvgIpc) is 2.85. The third-order valence-electron chi connectivity index (χ3n) is 2.66. The first kappa shape index (κ1) is 15.2. The lowest BCUT2D eigenvalue weighted by molar-refractivity contribution is -0.394. The lowest BCUT2D eigenvalue weighted by atomic mass is 10.1. The number of nitro groups is 2. The van der Waals surface area contributed by atoms with E-state index in [0.717, 1.165) is 12.1 Å². The average molecular weight is 324 g/mol. The Hall–Kier alpha value is -3.15. The molecule has 0 radical (unpaired) electrons. The van der Waals surface area contributed by atoms with Gasteiger partial charge in [0, 0.05) is 11.6 Å². The molecule has 1 aromatic carbocycles. The molecule has 2 rings (SSSR count). The van der Waals surface area contributed by atoms with Crippen molar-refractivity contribution in [2.24, 2.45) is 5.73 Å². The zero-order valence-electron chi connectivity index (χ0n) is 11.0. The lowest BCUT2D eigenvalue weighted by Gasteiger charge is -2.02. The minimum Gasteiger partial charge on any atom is -0.403 e. The van der Waals surface area contributed by atoms with Crippen LogP contribution in [-0.4, -0.2) is 25.2 Å². The summed E-state index contributed by atoms with van der Waals surface area (Å²) in [5, 5.41) is 31.4. The summed E-state index contributed by atoms with van der Waals surface area (Å²) in [6.07, 6.45) is 0. The smallest absolute Gasteiger partial charge is 0.322 e. The first-order chi connectivity index (χ1) is 10.3. The molecule has 0 aliphatic heterocycles. The number of nitro benzene ring substituents is 2. The summed E-state index contributed by atoms with van der Waals surface area (Å²) in [5.74, 6) is -0.136. The first-order valence-corrected chi connectivity index (χ1v) is 6.04. The fourth-order valence-corrected chi connectivity index (χ4v) is 1.78. The Morgan fingerprint density at radius 3 is 2.55 bits per heavy atom. The minimum atomic E-state index is -0.750. The SMILES string of the molecule is Cc1c(-c2nnc(NC(N)=S)o2)cc([N+](=O)[O-])cc1[N+](=O)[O-]. The molecule has 0 aliphatic carbocycles. The van der Waals surface area contributed by atoms with E-state index in [1.165, 1.54) is 6.92 Å². The summed E-state index contributed by atoms with van der Waals surface area (Å²) in [4.78, 5) is 20.4. The highest BCUT2D eigenvalue weighted by molar-refractivity contribution is 7.80. The van der Waals surface area contributed by atoms with Gasteiger partial charge in [0.25, 0.3) is 17.3 Å². The van der Waals surface area contributed by atoms with Gasteiger partial charge in [0.15, 0.2) is 5.11 Å². The number of aromatic nitrogens is 2. The number of hydrogen-bond donors (Lipinski definition) is 2. The number of rotatable bonds is 4. The maximum absolute atomic E-state index is 11.0. The van der Waals surface area contributed by atoms with Crippen LogP contribution in [0.4, 0.5) is 17.4 Å². The van der Waals surface area contributed by atoms with Gasteiger partial charge in [0.05, 0.1) is 21.5 Å². The zero-order valence-corrected chi connectivity index (χ0v) is 11.8. The van der Waals surface area contributed by atoms with Gasteiger partial charge < -0.3 is 10.2 Å². The summed E-state index contributed by atoms with van der Waals surface area (Å²) in [6.45, 7) is 1.42. The molecule has 0 atom stereocenters. The fourth-order valence-electron chi connectivity index (χ4n) is 1.69. The Bertz CT molecular complexity index is 788. The summed E-state index contributed by atoms with van der Waals surface area (Å²) >= 11 is 4.60. The Labute approximate surface area is 127 Å². The lowest BCUT2D eigenvalue weighted by Crippen LogP contribution is -2.18.